The zero-order valence-electron chi connectivity index (χ0n) is 15.4. The fourth-order valence-corrected chi connectivity index (χ4v) is 2.24. The molecule has 0 saturated heterocycles. The van der Waals surface area contributed by atoms with E-state index in [-0.39, 0.29) is 36.3 Å². The number of rotatable bonds is 9. The van der Waals surface area contributed by atoms with E-state index in [1.54, 1.807) is 19.2 Å². The number of amides is 1. The summed E-state index contributed by atoms with van der Waals surface area (Å²) in [5, 5.41) is 0. The molecule has 0 radical (unpaired) electrons. The summed E-state index contributed by atoms with van der Waals surface area (Å²) < 4.78 is 52.8. The summed E-state index contributed by atoms with van der Waals surface area (Å²) in [6, 6.07) is 10.3. The number of carbonyl (C=O) groups excluding carboxylic acids is 1. The quantitative estimate of drug-likeness (QED) is 0.603. The van der Waals surface area contributed by atoms with Crippen LogP contribution in [0.1, 0.15) is 5.56 Å². The topological polar surface area (TPSA) is 48.0 Å². The Morgan fingerprint density at radius 2 is 1.89 bits per heavy atom. The summed E-state index contributed by atoms with van der Waals surface area (Å²) in [6.07, 6.45) is 2.84. The molecule has 0 saturated carbocycles. The number of halogens is 3. The molecule has 8 heteroatoms. The Bertz CT molecular complexity index is 827. The minimum atomic E-state index is -2.96. The first kappa shape index (κ1) is 21.1. The largest absolute Gasteiger partial charge is 0.493 e. The van der Waals surface area contributed by atoms with Crippen LogP contribution in [0.4, 0.5) is 13.2 Å². The van der Waals surface area contributed by atoms with Crippen LogP contribution in [-0.4, -0.2) is 44.7 Å². The maximum atomic E-state index is 13.5. The average molecular weight is 395 g/mol. The number of alkyl halides is 2. The van der Waals surface area contributed by atoms with Gasteiger partial charge in [-0.1, -0.05) is 18.2 Å². The molecule has 0 aliphatic rings. The molecule has 0 aliphatic heterocycles. The van der Waals surface area contributed by atoms with E-state index in [4.69, 9.17) is 9.47 Å². The average Bonchev–Trinajstić information content (AvgIpc) is 2.67. The van der Waals surface area contributed by atoms with Crippen LogP contribution in [0.15, 0.2) is 48.5 Å². The zero-order chi connectivity index (χ0) is 20.5. The van der Waals surface area contributed by atoms with E-state index in [2.05, 4.69) is 4.74 Å². The SMILES string of the molecule is COc1cc(/C=C/C(=O)N(C)CCOc2ccccc2F)ccc1OC(F)F. The van der Waals surface area contributed by atoms with Crippen LogP contribution in [0.3, 0.4) is 0 Å². The number of benzene rings is 2. The lowest BCUT2D eigenvalue weighted by atomic mass is 10.2. The van der Waals surface area contributed by atoms with Gasteiger partial charge in [0, 0.05) is 13.1 Å². The third-order valence-corrected chi connectivity index (χ3v) is 3.72. The van der Waals surface area contributed by atoms with Crippen molar-refractivity contribution in [3.05, 3.63) is 59.9 Å². The van der Waals surface area contributed by atoms with Crippen LogP contribution < -0.4 is 14.2 Å². The highest BCUT2D eigenvalue weighted by atomic mass is 19.3. The molecule has 1 amide bonds. The second-order valence-electron chi connectivity index (χ2n) is 5.66. The molecule has 28 heavy (non-hydrogen) atoms. The summed E-state index contributed by atoms with van der Waals surface area (Å²) in [6.45, 7) is -2.58. The van der Waals surface area contributed by atoms with Crippen molar-refractivity contribution >= 4 is 12.0 Å². The highest BCUT2D eigenvalue weighted by molar-refractivity contribution is 5.91. The van der Waals surface area contributed by atoms with Crippen molar-refractivity contribution in [1.82, 2.24) is 4.90 Å². The Morgan fingerprint density at radius 1 is 1.14 bits per heavy atom. The van der Waals surface area contributed by atoms with Crippen LogP contribution in [0.5, 0.6) is 17.2 Å². The van der Waals surface area contributed by atoms with Gasteiger partial charge in [0.1, 0.15) is 6.61 Å². The maximum Gasteiger partial charge on any atom is 0.387 e. The molecular formula is C20H20F3NO4. The number of carbonyl (C=O) groups is 1. The van der Waals surface area contributed by atoms with E-state index in [0.717, 1.165) is 0 Å². The van der Waals surface area contributed by atoms with Gasteiger partial charge in [-0.3, -0.25) is 4.79 Å². The summed E-state index contributed by atoms with van der Waals surface area (Å²) in [4.78, 5) is 13.6. The Kier molecular flexibility index (Phi) is 7.74. The molecule has 0 N–H and O–H groups in total. The van der Waals surface area contributed by atoms with Gasteiger partial charge in [-0.15, -0.1) is 0 Å². The van der Waals surface area contributed by atoms with Crippen LogP contribution in [0.25, 0.3) is 6.08 Å². The predicted molar refractivity (Wildman–Crippen MR) is 98.2 cm³/mol. The van der Waals surface area contributed by atoms with Gasteiger partial charge in [0.25, 0.3) is 0 Å². The highest BCUT2D eigenvalue weighted by Gasteiger charge is 2.11. The minimum absolute atomic E-state index is 0.0941. The molecule has 0 bridgehead atoms. The van der Waals surface area contributed by atoms with Crippen molar-refractivity contribution in [2.45, 2.75) is 6.61 Å². The molecule has 0 atom stereocenters. The molecule has 0 heterocycles. The van der Waals surface area contributed by atoms with E-state index in [1.807, 2.05) is 0 Å². The van der Waals surface area contributed by atoms with Crippen molar-refractivity contribution in [3.8, 4) is 17.2 Å². The van der Waals surface area contributed by atoms with Gasteiger partial charge >= 0.3 is 6.61 Å². The third-order valence-electron chi connectivity index (χ3n) is 3.72. The smallest absolute Gasteiger partial charge is 0.387 e. The van der Waals surface area contributed by atoms with Crippen molar-refractivity contribution in [3.63, 3.8) is 0 Å². The number of likely N-dealkylation sites (N-methyl/N-ethyl adjacent to an activating group) is 1. The lowest BCUT2D eigenvalue weighted by Crippen LogP contribution is -2.29. The number of hydrogen-bond donors (Lipinski definition) is 0. The van der Waals surface area contributed by atoms with Gasteiger partial charge in [-0.2, -0.15) is 8.78 Å². The lowest BCUT2D eigenvalue weighted by Gasteiger charge is -2.16. The van der Waals surface area contributed by atoms with Crippen LogP contribution in [-0.2, 0) is 4.79 Å². The number of ether oxygens (including phenoxy) is 3. The zero-order valence-corrected chi connectivity index (χ0v) is 15.4. The van der Waals surface area contributed by atoms with E-state index >= 15 is 0 Å². The minimum Gasteiger partial charge on any atom is -0.493 e. The van der Waals surface area contributed by atoms with Crippen molar-refractivity contribution in [2.24, 2.45) is 0 Å². The van der Waals surface area contributed by atoms with E-state index in [9.17, 15) is 18.0 Å². The fraction of sp³-hybridized carbons (Fsp3) is 0.250. The van der Waals surface area contributed by atoms with Gasteiger partial charge in [-0.05, 0) is 35.9 Å². The summed E-state index contributed by atoms with van der Waals surface area (Å²) in [5.41, 5.74) is 0.572. The molecule has 150 valence electrons. The van der Waals surface area contributed by atoms with Crippen LogP contribution in [0.2, 0.25) is 0 Å². The van der Waals surface area contributed by atoms with Gasteiger partial charge < -0.3 is 19.1 Å². The monoisotopic (exact) mass is 395 g/mol. The maximum absolute atomic E-state index is 13.5. The molecule has 2 rings (SSSR count). The lowest BCUT2D eigenvalue weighted by molar-refractivity contribution is -0.125. The molecule has 0 fully saturated rings. The molecule has 0 unspecified atom stereocenters. The van der Waals surface area contributed by atoms with Gasteiger partial charge in [0.05, 0.1) is 13.7 Å². The first-order valence-corrected chi connectivity index (χ1v) is 8.34. The van der Waals surface area contributed by atoms with Gasteiger partial charge in [-0.25, -0.2) is 4.39 Å². The number of hydrogen-bond acceptors (Lipinski definition) is 4. The van der Waals surface area contributed by atoms with E-state index in [0.29, 0.717) is 5.56 Å². The normalized spacial score (nSPS) is 10.9. The summed E-state index contributed by atoms with van der Waals surface area (Å²) >= 11 is 0. The first-order chi connectivity index (χ1) is 13.4. The molecule has 2 aromatic rings. The molecule has 0 aromatic heterocycles. The number of nitrogens with zero attached hydrogens (tertiary/aromatic N) is 1. The standard InChI is InChI=1S/C20H20F3NO4/c1-24(11-12-27-16-6-4-3-5-15(16)21)19(25)10-8-14-7-9-17(28-20(22)23)18(13-14)26-2/h3-10,13,20H,11-12H2,1-2H3/b10-8+. The molecule has 5 nitrogen and oxygen atoms in total. The number of para-hydroxylation sites is 1. The molecule has 2 aromatic carbocycles. The Morgan fingerprint density at radius 3 is 2.57 bits per heavy atom. The summed E-state index contributed by atoms with van der Waals surface area (Å²) in [7, 11) is 2.91. The Hall–Kier alpha value is -3.16. The number of methoxy groups -OCH3 is 1. The third kappa shape index (κ3) is 6.22. The highest BCUT2D eigenvalue weighted by Crippen LogP contribution is 2.29. The Labute approximate surface area is 160 Å². The van der Waals surface area contributed by atoms with Crippen molar-refractivity contribution in [1.29, 1.82) is 0 Å². The molecule has 0 aliphatic carbocycles. The van der Waals surface area contributed by atoms with Crippen molar-refractivity contribution < 1.29 is 32.2 Å². The van der Waals surface area contributed by atoms with Crippen LogP contribution in [0, 0.1) is 5.82 Å². The van der Waals surface area contributed by atoms with E-state index in [1.165, 1.54) is 54.5 Å². The predicted octanol–water partition coefficient (Wildman–Crippen LogP) is 3.99. The fourth-order valence-electron chi connectivity index (χ4n) is 2.24. The van der Waals surface area contributed by atoms with Crippen LogP contribution >= 0.6 is 0 Å². The van der Waals surface area contributed by atoms with Gasteiger partial charge in [0.15, 0.2) is 23.1 Å². The van der Waals surface area contributed by atoms with Crippen molar-refractivity contribution in [2.75, 3.05) is 27.3 Å². The first-order valence-electron chi connectivity index (χ1n) is 8.34. The van der Waals surface area contributed by atoms with E-state index < -0.39 is 12.4 Å². The van der Waals surface area contributed by atoms with Gasteiger partial charge in [0.2, 0.25) is 5.91 Å². The second-order valence-corrected chi connectivity index (χ2v) is 5.66. The molecular weight excluding hydrogens is 375 g/mol. The summed E-state index contributed by atoms with van der Waals surface area (Å²) in [5.74, 6) is -0.615. The Balaban J connectivity index is 1.90. The second kappa shape index (κ2) is 10.2. The molecule has 0 spiro atoms.